The molecule has 0 atom stereocenters. The minimum atomic E-state index is -0.620. The third-order valence-corrected chi connectivity index (χ3v) is 1.86. The van der Waals surface area contributed by atoms with E-state index in [0.717, 1.165) is 13.1 Å². The van der Waals surface area contributed by atoms with Crippen LogP contribution < -0.4 is 0 Å². The van der Waals surface area contributed by atoms with Crippen molar-refractivity contribution in [2.24, 2.45) is 0 Å². The fourth-order valence-electron chi connectivity index (χ4n) is 1.14. The Kier molecular flexibility index (Phi) is 6.39. The first kappa shape index (κ1) is 12.9. The molecule has 0 aliphatic carbocycles. The first-order chi connectivity index (χ1) is 5.99. The van der Waals surface area contributed by atoms with Crippen LogP contribution >= 0.6 is 11.6 Å². The van der Waals surface area contributed by atoms with E-state index in [2.05, 4.69) is 11.8 Å². The molecular formula is C10H20ClNO. The van der Waals surface area contributed by atoms with Gasteiger partial charge in [-0.2, -0.15) is 0 Å². The second-order valence-electron chi connectivity index (χ2n) is 3.77. The number of likely N-dealkylation sites (N-methyl/N-ethyl adjacent to an activating group) is 1. The zero-order chi connectivity index (χ0) is 10.3. The first-order valence-corrected chi connectivity index (χ1v) is 5.18. The standard InChI is InChI=1S/C10H20ClNO/c1-4-12(8-6-5-7-11)9-10(2,3)13/h5-6,13H,4,7-9H2,1-3H3. The Labute approximate surface area is 86.2 Å². The monoisotopic (exact) mass is 205 g/mol. The lowest BCUT2D eigenvalue weighted by Gasteiger charge is -2.26. The Bertz CT molecular complexity index is 151. The summed E-state index contributed by atoms with van der Waals surface area (Å²) in [5.41, 5.74) is -0.620. The average molecular weight is 206 g/mol. The summed E-state index contributed by atoms with van der Waals surface area (Å²) in [6.07, 6.45) is 3.96. The molecule has 1 N–H and O–H groups in total. The van der Waals surface area contributed by atoms with E-state index < -0.39 is 5.60 Å². The molecule has 0 rings (SSSR count). The number of aliphatic hydroxyl groups is 1. The summed E-state index contributed by atoms with van der Waals surface area (Å²) in [6, 6.07) is 0. The van der Waals surface area contributed by atoms with Crippen LogP contribution in [0.5, 0.6) is 0 Å². The van der Waals surface area contributed by atoms with E-state index in [-0.39, 0.29) is 0 Å². The number of allylic oxidation sites excluding steroid dienone is 1. The second-order valence-corrected chi connectivity index (χ2v) is 4.07. The molecule has 0 aromatic heterocycles. The van der Waals surface area contributed by atoms with Crippen molar-refractivity contribution in [1.29, 1.82) is 0 Å². The molecule has 0 aliphatic heterocycles. The zero-order valence-corrected chi connectivity index (χ0v) is 9.51. The highest BCUT2D eigenvalue weighted by molar-refractivity contribution is 6.18. The smallest absolute Gasteiger partial charge is 0.0718 e. The molecule has 0 aromatic rings. The van der Waals surface area contributed by atoms with Gasteiger partial charge in [0, 0.05) is 19.0 Å². The van der Waals surface area contributed by atoms with Crippen LogP contribution in [0.1, 0.15) is 20.8 Å². The molecule has 2 nitrogen and oxygen atoms in total. The molecule has 0 unspecified atom stereocenters. The van der Waals surface area contributed by atoms with Crippen molar-refractivity contribution in [1.82, 2.24) is 4.90 Å². The van der Waals surface area contributed by atoms with Crippen molar-refractivity contribution in [2.45, 2.75) is 26.4 Å². The molecule has 0 aromatic carbocycles. The van der Waals surface area contributed by atoms with Gasteiger partial charge in [0.15, 0.2) is 0 Å². The van der Waals surface area contributed by atoms with Crippen LogP contribution in [0, 0.1) is 0 Å². The zero-order valence-electron chi connectivity index (χ0n) is 8.76. The number of nitrogens with zero attached hydrogens (tertiary/aromatic N) is 1. The van der Waals surface area contributed by atoms with E-state index in [4.69, 9.17) is 11.6 Å². The van der Waals surface area contributed by atoms with Gasteiger partial charge >= 0.3 is 0 Å². The topological polar surface area (TPSA) is 23.5 Å². The van der Waals surface area contributed by atoms with Crippen LogP contribution in [-0.4, -0.2) is 41.1 Å². The molecule has 0 amide bonds. The Hall–Kier alpha value is -0.0500. The van der Waals surface area contributed by atoms with Gasteiger partial charge in [0.05, 0.1) is 5.60 Å². The van der Waals surface area contributed by atoms with E-state index in [0.29, 0.717) is 12.4 Å². The van der Waals surface area contributed by atoms with Crippen molar-refractivity contribution in [3.8, 4) is 0 Å². The van der Waals surface area contributed by atoms with Crippen molar-refractivity contribution in [3.05, 3.63) is 12.2 Å². The Morgan fingerprint density at radius 3 is 2.38 bits per heavy atom. The molecule has 0 spiro atoms. The van der Waals surface area contributed by atoms with Gasteiger partial charge in [0.1, 0.15) is 0 Å². The molecule has 0 saturated heterocycles. The molecule has 78 valence electrons. The number of halogens is 1. The molecule has 3 heteroatoms. The Morgan fingerprint density at radius 2 is 2.00 bits per heavy atom. The molecule has 0 aliphatic rings. The van der Waals surface area contributed by atoms with E-state index in [1.165, 1.54) is 0 Å². The summed E-state index contributed by atoms with van der Waals surface area (Å²) < 4.78 is 0. The van der Waals surface area contributed by atoms with Crippen molar-refractivity contribution < 1.29 is 5.11 Å². The van der Waals surface area contributed by atoms with Gasteiger partial charge in [-0.15, -0.1) is 11.6 Å². The minimum Gasteiger partial charge on any atom is -0.389 e. The molecule has 13 heavy (non-hydrogen) atoms. The summed E-state index contributed by atoms with van der Waals surface area (Å²) >= 11 is 5.51. The lowest BCUT2D eigenvalue weighted by molar-refractivity contribution is 0.0416. The number of alkyl halides is 1. The summed E-state index contributed by atoms with van der Waals surface area (Å²) in [7, 11) is 0. The molecular weight excluding hydrogens is 186 g/mol. The number of hydrogen-bond acceptors (Lipinski definition) is 2. The highest BCUT2D eigenvalue weighted by atomic mass is 35.5. The summed E-state index contributed by atoms with van der Waals surface area (Å²) in [5.74, 6) is 0.556. The van der Waals surface area contributed by atoms with Gasteiger partial charge in [-0.05, 0) is 20.4 Å². The second kappa shape index (κ2) is 6.41. The largest absolute Gasteiger partial charge is 0.389 e. The van der Waals surface area contributed by atoms with Crippen LogP contribution in [-0.2, 0) is 0 Å². The van der Waals surface area contributed by atoms with Gasteiger partial charge in [-0.1, -0.05) is 19.1 Å². The summed E-state index contributed by atoms with van der Waals surface area (Å²) in [5, 5.41) is 9.58. The number of rotatable bonds is 6. The minimum absolute atomic E-state index is 0.556. The fourth-order valence-corrected chi connectivity index (χ4v) is 1.27. The summed E-state index contributed by atoms with van der Waals surface area (Å²) in [4.78, 5) is 2.17. The lowest BCUT2D eigenvalue weighted by Crippen LogP contribution is -2.38. The van der Waals surface area contributed by atoms with Crippen molar-refractivity contribution >= 4 is 11.6 Å². The first-order valence-electron chi connectivity index (χ1n) is 4.65. The van der Waals surface area contributed by atoms with E-state index in [1.54, 1.807) is 0 Å². The van der Waals surface area contributed by atoms with E-state index >= 15 is 0 Å². The lowest BCUT2D eigenvalue weighted by atomic mass is 10.1. The van der Waals surface area contributed by atoms with Crippen LogP contribution in [0.4, 0.5) is 0 Å². The Balaban J connectivity index is 3.83. The molecule has 0 fully saturated rings. The fraction of sp³-hybridized carbons (Fsp3) is 0.800. The quantitative estimate of drug-likeness (QED) is 0.529. The van der Waals surface area contributed by atoms with Gasteiger partial charge in [0.2, 0.25) is 0 Å². The van der Waals surface area contributed by atoms with Crippen LogP contribution in [0.25, 0.3) is 0 Å². The number of hydrogen-bond donors (Lipinski definition) is 1. The van der Waals surface area contributed by atoms with E-state index in [1.807, 2.05) is 26.0 Å². The average Bonchev–Trinajstić information content (AvgIpc) is 2.01. The maximum atomic E-state index is 9.58. The van der Waals surface area contributed by atoms with Crippen molar-refractivity contribution in [3.63, 3.8) is 0 Å². The summed E-state index contributed by atoms with van der Waals surface area (Å²) in [6.45, 7) is 8.21. The third kappa shape index (κ3) is 8.28. The maximum absolute atomic E-state index is 9.58. The predicted octanol–water partition coefficient (Wildman–Crippen LogP) is 1.87. The van der Waals surface area contributed by atoms with E-state index in [9.17, 15) is 5.11 Å². The highest BCUT2D eigenvalue weighted by Gasteiger charge is 2.15. The van der Waals surface area contributed by atoms with Gasteiger partial charge in [0.25, 0.3) is 0 Å². The maximum Gasteiger partial charge on any atom is 0.0718 e. The van der Waals surface area contributed by atoms with Crippen molar-refractivity contribution in [2.75, 3.05) is 25.5 Å². The molecule has 0 saturated carbocycles. The SMILES string of the molecule is CCN(CC=CCCl)CC(C)(C)O. The van der Waals surface area contributed by atoms with Gasteiger partial charge in [-0.3, -0.25) is 4.90 Å². The highest BCUT2D eigenvalue weighted by Crippen LogP contribution is 2.04. The molecule has 0 bridgehead atoms. The predicted molar refractivity (Wildman–Crippen MR) is 58.3 cm³/mol. The Morgan fingerprint density at radius 1 is 1.38 bits per heavy atom. The van der Waals surface area contributed by atoms with Gasteiger partial charge < -0.3 is 5.11 Å². The normalized spacial score (nSPS) is 13.1. The van der Waals surface area contributed by atoms with Crippen LogP contribution in [0.15, 0.2) is 12.2 Å². The van der Waals surface area contributed by atoms with Crippen LogP contribution in [0.3, 0.4) is 0 Å². The van der Waals surface area contributed by atoms with Crippen LogP contribution in [0.2, 0.25) is 0 Å². The molecule has 0 heterocycles. The molecule has 0 radical (unpaired) electrons. The van der Waals surface area contributed by atoms with Gasteiger partial charge in [-0.25, -0.2) is 0 Å². The third-order valence-electron chi connectivity index (χ3n) is 1.68.